The zero-order valence-electron chi connectivity index (χ0n) is 15.6. The Balaban J connectivity index is 1.73. The predicted octanol–water partition coefficient (Wildman–Crippen LogP) is 4.98. The summed E-state index contributed by atoms with van der Waals surface area (Å²) in [7, 11) is 0. The summed E-state index contributed by atoms with van der Waals surface area (Å²) in [5.41, 5.74) is 5.00. The SMILES string of the molecule is CCOC(=O)c1[nH]c2ccccc2c1C1=CN(Cc2ccccc2)CCC1. The second-order valence-corrected chi connectivity index (χ2v) is 6.86. The molecule has 2 aromatic carbocycles. The lowest BCUT2D eigenvalue weighted by Crippen LogP contribution is -2.22. The first kappa shape index (κ1) is 17.4. The number of hydrogen-bond donors (Lipinski definition) is 1. The standard InChI is InChI=1S/C23H24N2O2/c1-2-27-23(26)22-21(19-12-6-7-13-20(19)24-22)18-11-8-14-25(16-18)15-17-9-4-3-5-10-17/h3-7,9-10,12-13,16,24H,2,8,11,14-15H2,1H3. The Morgan fingerprint density at radius 1 is 1.11 bits per heavy atom. The van der Waals surface area contributed by atoms with Crippen LogP contribution in [0.3, 0.4) is 0 Å². The molecule has 0 radical (unpaired) electrons. The number of hydrogen-bond acceptors (Lipinski definition) is 3. The average molecular weight is 360 g/mol. The van der Waals surface area contributed by atoms with Crippen molar-refractivity contribution in [2.75, 3.05) is 13.2 Å². The lowest BCUT2D eigenvalue weighted by Gasteiger charge is -2.27. The Morgan fingerprint density at radius 2 is 1.89 bits per heavy atom. The van der Waals surface area contributed by atoms with Crippen molar-refractivity contribution in [2.45, 2.75) is 26.3 Å². The van der Waals surface area contributed by atoms with Crippen LogP contribution in [-0.2, 0) is 11.3 Å². The molecule has 0 atom stereocenters. The number of ether oxygens (including phenoxy) is 1. The van der Waals surface area contributed by atoms with Crippen molar-refractivity contribution in [2.24, 2.45) is 0 Å². The fraction of sp³-hybridized carbons (Fsp3) is 0.261. The molecule has 0 spiro atoms. The number of aromatic nitrogens is 1. The molecule has 1 aliphatic rings. The molecular formula is C23H24N2O2. The van der Waals surface area contributed by atoms with Crippen molar-refractivity contribution >= 4 is 22.4 Å². The van der Waals surface area contributed by atoms with E-state index in [4.69, 9.17) is 4.74 Å². The van der Waals surface area contributed by atoms with Gasteiger partial charge in [0.1, 0.15) is 5.69 Å². The number of aromatic amines is 1. The first-order valence-corrected chi connectivity index (χ1v) is 9.53. The quantitative estimate of drug-likeness (QED) is 0.653. The maximum atomic E-state index is 12.6. The van der Waals surface area contributed by atoms with Gasteiger partial charge in [0.05, 0.1) is 6.61 Å². The molecule has 3 aromatic rings. The van der Waals surface area contributed by atoms with E-state index in [0.29, 0.717) is 12.3 Å². The number of H-pyrrole nitrogens is 1. The minimum atomic E-state index is -0.287. The van der Waals surface area contributed by atoms with Crippen LogP contribution in [0, 0.1) is 0 Å². The fourth-order valence-corrected chi connectivity index (χ4v) is 3.79. The van der Waals surface area contributed by atoms with Gasteiger partial charge in [-0.1, -0.05) is 48.5 Å². The number of benzene rings is 2. The molecule has 1 N–H and O–H groups in total. The highest BCUT2D eigenvalue weighted by atomic mass is 16.5. The zero-order chi connectivity index (χ0) is 18.6. The van der Waals surface area contributed by atoms with Crippen molar-refractivity contribution in [3.63, 3.8) is 0 Å². The second kappa shape index (κ2) is 7.70. The highest BCUT2D eigenvalue weighted by Gasteiger charge is 2.23. The summed E-state index contributed by atoms with van der Waals surface area (Å²) in [6.45, 7) is 4.10. The molecule has 138 valence electrons. The van der Waals surface area contributed by atoms with Gasteiger partial charge in [-0.3, -0.25) is 0 Å². The molecule has 0 amide bonds. The Labute approximate surface area is 159 Å². The molecule has 2 heterocycles. The molecule has 4 heteroatoms. The fourth-order valence-electron chi connectivity index (χ4n) is 3.79. The van der Waals surface area contributed by atoms with E-state index in [-0.39, 0.29) is 5.97 Å². The number of carbonyl (C=O) groups is 1. The molecular weight excluding hydrogens is 336 g/mol. The second-order valence-electron chi connectivity index (χ2n) is 6.86. The van der Waals surface area contributed by atoms with Crippen LogP contribution in [0.4, 0.5) is 0 Å². The molecule has 1 aliphatic heterocycles. The first-order chi connectivity index (χ1) is 13.3. The molecule has 27 heavy (non-hydrogen) atoms. The molecule has 0 bridgehead atoms. The van der Waals surface area contributed by atoms with E-state index in [2.05, 4.69) is 46.4 Å². The summed E-state index contributed by atoms with van der Waals surface area (Å²) in [5, 5.41) is 1.08. The van der Waals surface area contributed by atoms with Crippen molar-refractivity contribution in [1.29, 1.82) is 0 Å². The van der Waals surface area contributed by atoms with E-state index >= 15 is 0 Å². The van der Waals surface area contributed by atoms with Crippen molar-refractivity contribution < 1.29 is 9.53 Å². The van der Waals surface area contributed by atoms with Gasteiger partial charge >= 0.3 is 5.97 Å². The third-order valence-electron chi connectivity index (χ3n) is 4.97. The molecule has 4 rings (SSSR count). The van der Waals surface area contributed by atoms with Crippen LogP contribution in [0.15, 0.2) is 60.8 Å². The number of fused-ring (bicyclic) bond motifs is 1. The first-order valence-electron chi connectivity index (χ1n) is 9.53. The van der Waals surface area contributed by atoms with Crippen molar-refractivity contribution in [1.82, 2.24) is 9.88 Å². The molecule has 0 unspecified atom stereocenters. The van der Waals surface area contributed by atoms with Crippen LogP contribution in [0.25, 0.3) is 16.5 Å². The number of rotatable bonds is 5. The number of nitrogens with zero attached hydrogens (tertiary/aromatic N) is 1. The van der Waals surface area contributed by atoms with Crippen LogP contribution in [0.2, 0.25) is 0 Å². The number of esters is 1. The number of carbonyl (C=O) groups excluding carboxylic acids is 1. The summed E-state index contributed by atoms with van der Waals surface area (Å²) in [6, 6.07) is 18.6. The third-order valence-corrected chi connectivity index (χ3v) is 4.97. The van der Waals surface area contributed by atoms with Crippen molar-refractivity contribution in [3.05, 3.63) is 77.6 Å². The summed E-state index contributed by atoms with van der Waals surface area (Å²) < 4.78 is 5.30. The molecule has 0 saturated heterocycles. The number of para-hydroxylation sites is 1. The Morgan fingerprint density at radius 3 is 2.70 bits per heavy atom. The average Bonchev–Trinajstić information content (AvgIpc) is 3.09. The number of nitrogens with one attached hydrogen (secondary N) is 1. The Kier molecular flexibility index (Phi) is 4.97. The molecule has 0 saturated carbocycles. The summed E-state index contributed by atoms with van der Waals surface area (Å²) in [5.74, 6) is -0.287. The topological polar surface area (TPSA) is 45.3 Å². The largest absolute Gasteiger partial charge is 0.461 e. The zero-order valence-corrected chi connectivity index (χ0v) is 15.6. The summed E-state index contributed by atoms with van der Waals surface area (Å²) in [6.07, 6.45) is 4.24. The van der Waals surface area contributed by atoms with E-state index in [0.717, 1.165) is 42.4 Å². The highest BCUT2D eigenvalue weighted by molar-refractivity contribution is 6.04. The van der Waals surface area contributed by atoms with Gasteiger partial charge in [0.15, 0.2) is 0 Å². The van der Waals surface area contributed by atoms with E-state index in [9.17, 15) is 4.79 Å². The summed E-state index contributed by atoms with van der Waals surface area (Å²) >= 11 is 0. The van der Waals surface area contributed by atoms with Crippen LogP contribution < -0.4 is 0 Å². The van der Waals surface area contributed by atoms with Crippen LogP contribution >= 0.6 is 0 Å². The van der Waals surface area contributed by atoms with Gasteiger partial charge in [0.2, 0.25) is 0 Å². The van der Waals surface area contributed by atoms with Gasteiger partial charge in [-0.25, -0.2) is 4.79 Å². The molecule has 1 aromatic heterocycles. The normalized spacial score (nSPS) is 14.3. The highest BCUT2D eigenvalue weighted by Crippen LogP contribution is 2.34. The third kappa shape index (κ3) is 3.61. The minimum absolute atomic E-state index is 0.287. The van der Waals surface area contributed by atoms with E-state index < -0.39 is 0 Å². The van der Waals surface area contributed by atoms with Gasteiger partial charge < -0.3 is 14.6 Å². The predicted molar refractivity (Wildman–Crippen MR) is 108 cm³/mol. The Hall–Kier alpha value is -3.01. The smallest absolute Gasteiger partial charge is 0.355 e. The minimum Gasteiger partial charge on any atom is -0.461 e. The van der Waals surface area contributed by atoms with Gasteiger partial charge in [0.25, 0.3) is 0 Å². The lowest BCUT2D eigenvalue weighted by atomic mass is 9.96. The van der Waals surface area contributed by atoms with E-state index in [1.54, 1.807) is 0 Å². The number of allylic oxidation sites excluding steroid dienone is 1. The Bertz CT molecular complexity index is 972. The van der Waals surface area contributed by atoms with Crippen LogP contribution in [0.5, 0.6) is 0 Å². The maximum Gasteiger partial charge on any atom is 0.355 e. The molecule has 0 fully saturated rings. The van der Waals surface area contributed by atoms with Gasteiger partial charge in [-0.2, -0.15) is 0 Å². The van der Waals surface area contributed by atoms with Gasteiger partial charge in [-0.05, 0) is 37.0 Å². The van der Waals surface area contributed by atoms with Crippen molar-refractivity contribution in [3.8, 4) is 0 Å². The summed E-state index contributed by atoms with van der Waals surface area (Å²) in [4.78, 5) is 18.2. The maximum absolute atomic E-state index is 12.6. The molecule has 0 aliphatic carbocycles. The molecule has 4 nitrogen and oxygen atoms in total. The van der Waals surface area contributed by atoms with Crippen LogP contribution in [-0.4, -0.2) is 29.0 Å². The van der Waals surface area contributed by atoms with Gasteiger partial charge in [0, 0.05) is 35.8 Å². The van der Waals surface area contributed by atoms with E-state index in [1.165, 1.54) is 11.1 Å². The lowest BCUT2D eigenvalue weighted by molar-refractivity contribution is 0.0520. The van der Waals surface area contributed by atoms with Gasteiger partial charge in [-0.15, -0.1) is 0 Å². The van der Waals surface area contributed by atoms with E-state index in [1.807, 2.05) is 31.2 Å². The van der Waals surface area contributed by atoms with Crippen LogP contribution in [0.1, 0.15) is 41.4 Å². The monoisotopic (exact) mass is 360 g/mol.